The van der Waals surface area contributed by atoms with Gasteiger partial charge in [-0.25, -0.2) is 17.8 Å². The SMILES string of the molecule is N#Cc1c(F)cccc1S(=O)(=O)Nc1cc(Cl)ccn1. The normalized spacial score (nSPS) is 10.8. The number of nitriles is 1. The molecule has 2 aromatic rings. The summed E-state index contributed by atoms with van der Waals surface area (Å²) in [6.07, 6.45) is 1.32. The van der Waals surface area contributed by atoms with Crippen LogP contribution in [0.15, 0.2) is 41.4 Å². The van der Waals surface area contributed by atoms with Crippen LogP contribution in [0.4, 0.5) is 10.2 Å². The van der Waals surface area contributed by atoms with E-state index in [2.05, 4.69) is 9.71 Å². The van der Waals surface area contributed by atoms with E-state index < -0.39 is 26.3 Å². The molecular weight excluding hydrogens is 305 g/mol. The van der Waals surface area contributed by atoms with Crippen molar-refractivity contribution in [3.63, 3.8) is 0 Å². The number of nitrogens with zero attached hydrogens (tertiary/aromatic N) is 2. The van der Waals surface area contributed by atoms with E-state index in [1.807, 2.05) is 0 Å². The molecule has 0 radical (unpaired) electrons. The van der Waals surface area contributed by atoms with Crippen molar-refractivity contribution in [2.24, 2.45) is 0 Å². The average Bonchev–Trinajstić information content (AvgIpc) is 2.38. The van der Waals surface area contributed by atoms with Gasteiger partial charge in [0.2, 0.25) is 0 Å². The van der Waals surface area contributed by atoms with Crippen molar-refractivity contribution in [1.29, 1.82) is 5.26 Å². The number of sulfonamides is 1. The van der Waals surface area contributed by atoms with Crippen LogP contribution in [0, 0.1) is 17.1 Å². The van der Waals surface area contributed by atoms with Crippen LogP contribution in [0.1, 0.15) is 5.56 Å². The highest BCUT2D eigenvalue weighted by molar-refractivity contribution is 7.92. The zero-order valence-corrected chi connectivity index (χ0v) is 11.4. The number of hydrogen-bond acceptors (Lipinski definition) is 4. The maximum atomic E-state index is 13.4. The van der Waals surface area contributed by atoms with Crippen LogP contribution in [-0.2, 0) is 10.0 Å². The molecule has 0 unspecified atom stereocenters. The molecular formula is C12H7ClFN3O2S. The van der Waals surface area contributed by atoms with Crippen LogP contribution in [0.3, 0.4) is 0 Å². The van der Waals surface area contributed by atoms with E-state index in [1.165, 1.54) is 30.5 Å². The van der Waals surface area contributed by atoms with Crippen LogP contribution in [0.25, 0.3) is 0 Å². The average molecular weight is 312 g/mol. The molecule has 1 aromatic carbocycles. The van der Waals surface area contributed by atoms with E-state index in [-0.39, 0.29) is 10.8 Å². The number of hydrogen-bond donors (Lipinski definition) is 1. The van der Waals surface area contributed by atoms with Crippen LogP contribution >= 0.6 is 11.6 Å². The summed E-state index contributed by atoms with van der Waals surface area (Å²) in [5.41, 5.74) is -0.554. The molecule has 0 saturated carbocycles. The molecule has 0 atom stereocenters. The fraction of sp³-hybridized carbons (Fsp3) is 0. The van der Waals surface area contributed by atoms with E-state index in [0.717, 1.165) is 12.1 Å². The molecule has 0 amide bonds. The molecule has 1 aromatic heterocycles. The lowest BCUT2D eigenvalue weighted by atomic mass is 10.2. The predicted molar refractivity (Wildman–Crippen MR) is 71.2 cm³/mol. The third-order valence-electron chi connectivity index (χ3n) is 2.34. The van der Waals surface area contributed by atoms with E-state index in [0.29, 0.717) is 0 Å². The summed E-state index contributed by atoms with van der Waals surface area (Å²) in [7, 11) is -4.13. The van der Waals surface area contributed by atoms with E-state index in [1.54, 1.807) is 0 Å². The maximum Gasteiger partial charge on any atom is 0.264 e. The second-order valence-electron chi connectivity index (χ2n) is 3.69. The summed E-state index contributed by atoms with van der Waals surface area (Å²) in [5.74, 6) is -0.930. The van der Waals surface area contributed by atoms with Crippen molar-refractivity contribution < 1.29 is 12.8 Å². The Balaban J connectivity index is 2.47. The number of pyridine rings is 1. The Labute approximate surface area is 119 Å². The molecule has 0 bridgehead atoms. The molecule has 5 nitrogen and oxygen atoms in total. The Morgan fingerprint density at radius 2 is 2.10 bits per heavy atom. The van der Waals surface area contributed by atoms with Crippen LogP contribution in [0.5, 0.6) is 0 Å². The monoisotopic (exact) mass is 311 g/mol. The summed E-state index contributed by atoms with van der Waals surface area (Å²) in [6.45, 7) is 0. The minimum Gasteiger partial charge on any atom is -0.263 e. The van der Waals surface area contributed by atoms with E-state index in [9.17, 15) is 12.8 Å². The van der Waals surface area contributed by atoms with Gasteiger partial charge in [-0.15, -0.1) is 0 Å². The lowest BCUT2D eigenvalue weighted by Crippen LogP contribution is -2.15. The molecule has 8 heteroatoms. The topological polar surface area (TPSA) is 82.8 Å². The van der Waals surface area contributed by atoms with Gasteiger partial charge in [0.25, 0.3) is 10.0 Å². The van der Waals surface area contributed by atoms with Crippen LogP contribution in [0.2, 0.25) is 5.02 Å². The third-order valence-corrected chi connectivity index (χ3v) is 3.97. The Bertz CT molecular complexity index is 803. The molecule has 102 valence electrons. The van der Waals surface area contributed by atoms with Gasteiger partial charge in [-0.1, -0.05) is 17.7 Å². The Hall–Kier alpha value is -2.17. The molecule has 1 heterocycles. The molecule has 0 aliphatic rings. The van der Waals surface area contributed by atoms with Crippen molar-refractivity contribution in [1.82, 2.24) is 4.98 Å². The first-order valence-electron chi connectivity index (χ1n) is 5.27. The number of halogens is 2. The Morgan fingerprint density at radius 1 is 1.35 bits per heavy atom. The number of rotatable bonds is 3. The van der Waals surface area contributed by atoms with Crippen molar-refractivity contribution >= 4 is 27.4 Å². The highest BCUT2D eigenvalue weighted by Crippen LogP contribution is 2.21. The zero-order valence-electron chi connectivity index (χ0n) is 9.84. The summed E-state index contributed by atoms with van der Waals surface area (Å²) >= 11 is 5.72. The number of anilines is 1. The van der Waals surface area contributed by atoms with Crippen molar-refractivity contribution in [2.75, 3.05) is 4.72 Å². The fourth-order valence-electron chi connectivity index (χ4n) is 1.49. The van der Waals surface area contributed by atoms with Crippen molar-refractivity contribution in [2.45, 2.75) is 4.90 Å². The van der Waals surface area contributed by atoms with Gasteiger partial charge < -0.3 is 0 Å². The summed E-state index contributed by atoms with van der Waals surface area (Å²) < 4.78 is 39.8. The summed E-state index contributed by atoms with van der Waals surface area (Å²) in [4.78, 5) is 3.32. The van der Waals surface area contributed by atoms with Gasteiger partial charge in [0.05, 0.1) is 0 Å². The van der Waals surface area contributed by atoms with Gasteiger partial charge in [-0.05, 0) is 18.2 Å². The van der Waals surface area contributed by atoms with Gasteiger partial charge in [0.1, 0.15) is 28.2 Å². The van der Waals surface area contributed by atoms with Gasteiger partial charge in [0, 0.05) is 17.3 Å². The molecule has 0 spiro atoms. The summed E-state index contributed by atoms with van der Waals surface area (Å²) in [6, 6.07) is 7.64. The molecule has 0 aliphatic heterocycles. The fourth-order valence-corrected chi connectivity index (χ4v) is 2.82. The Kier molecular flexibility index (Phi) is 3.88. The molecule has 0 aliphatic carbocycles. The molecule has 0 saturated heterocycles. The largest absolute Gasteiger partial charge is 0.264 e. The van der Waals surface area contributed by atoms with Crippen LogP contribution in [-0.4, -0.2) is 13.4 Å². The molecule has 1 N–H and O–H groups in total. The number of aromatic nitrogens is 1. The van der Waals surface area contributed by atoms with Gasteiger partial charge in [-0.3, -0.25) is 4.72 Å². The first-order chi connectivity index (χ1) is 9.44. The number of nitrogens with one attached hydrogen (secondary N) is 1. The summed E-state index contributed by atoms with van der Waals surface area (Å²) in [5, 5.41) is 9.14. The molecule has 0 fully saturated rings. The predicted octanol–water partition coefficient (Wildman–Crippen LogP) is 2.55. The minimum atomic E-state index is -4.13. The first kappa shape index (κ1) is 14.2. The smallest absolute Gasteiger partial charge is 0.263 e. The second kappa shape index (κ2) is 5.45. The Morgan fingerprint density at radius 3 is 2.75 bits per heavy atom. The highest BCUT2D eigenvalue weighted by atomic mass is 35.5. The lowest BCUT2D eigenvalue weighted by Gasteiger charge is -2.09. The highest BCUT2D eigenvalue weighted by Gasteiger charge is 2.21. The van der Waals surface area contributed by atoms with E-state index >= 15 is 0 Å². The molecule has 20 heavy (non-hydrogen) atoms. The van der Waals surface area contributed by atoms with E-state index in [4.69, 9.17) is 16.9 Å². The van der Waals surface area contributed by atoms with Crippen LogP contribution < -0.4 is 4.72 Å². The first-order valence-corrected chi connectivity index (χ1v) is 7.13. The quantitative estimate of drug-likeness (QED) is 0.944. The standard InChI is InChI=1S/C12H7ClFN3O2S/c13-8-4-5-16-12(6-8)17-20(18,19)11-3-1-2-10(14)9(11)7-15/h1-6H,(H,16,17). The van der Waals surface area contributed by atoms with Gasteiger partial charge in [-0.2, -0.15) is 5.26 Å². The zero-order chi connectivity index (χ0) is 14.8. The van der Waals surface area contributed by atoms with Gasteiger partial charge in [0.15, 0.2) is 0 Å². The molecule has 2 rings (SSSR count). The lowest BCUT2D eigenvalue weighted by molar-refractivity contribution is 0.593. The van der Waals surface area contributed by atoms with Crippen molar-refractivity contribution in [3.8, 4) is 6.07 Å². The maximum absolute atomic E-state index is 13.4. The second-order valence-corrected chi connectivity index (χ2v) is 5.78. The third kappa shape index (κ3) is 2.87. The van der Waals surface area contributed by atoms with Crippen molar-refractivity contribution in [3.05, 3.63) is 52.9 Å². The number of benzene rings is 1. The van der Waals surface area contributed by atoms with Gasteiger partial charge >= 0.3 is 0 Å². The minimum absolute atomic E-state index is 0.0225.